The second kappa shape index (κ2) is 10.7. The number of primary amides is 1. The molecular formula is C20H24FN5O2. The molecule has 2 amide bonds. The van der Waals surface area contributed by atoms with Crippen LogP contribution in [0.3, 0.4) is 0 Å². The predicted octanol–water partition coefficient (Wildman–Crippen LogP) is 0.949. The minimum Gasteiger partial charge on any atom is -0.368 e. The summed E-state index contributed by atoms with van der Waals surface area (Å²) in [5, 5.41) is 8.82. The Morgan fingerprint density at radius 3 is 2.21 bits per heavy atom. The molecular weight excluding hydrogens is 361 g/mol. The number of nitrogens with two attached hydrogens (primary N) is 1. The molecule has 2 aromatic rings. The molecule has 0 aromatic heterocycles. The van der Waals surface area contributed by atoms with Gasteiger partial charge in [-0.15, -0.1) is 0 Å². The fraction of sp³-hybridized carbons (Fsp3) is 0.250. The lowest BCUT2D eigenvalue weighted by Crippen LogP contribution is -2.37. The molecule has 0 fully saturated rings. The minimum atomic E-state index is -0.590. The number of amides is 2. The van der Waals surface area contributed by atoms with Gasteiger partial charge < -0.3 is 21.7 Å². The topological polar surface area (TPSA) is 109 Å². The number of hydrogen-bond donors (Lipinski definition) is 4. The van der Waals surface area contributed by atoms with Crippen LogP contribution < -0.4 is 21.7 Å². The summed E-state index contributed by atoms with van der Waals surface area (Å²) >= 11 is 0. The van der Waals surface area contributed by atoms with Crippen molar-refractivity contribution in [3.05, 3.63) is 71.0 Å². The molecule has 28 heavy (non-hydrogen) atoms. The van der Waals surface area contributed by atoms with Gasteiger partial charge in [-0.3, -0.25) is 14.6 Å². The smallest absolute Gasteiger partial charge is 0.251 e. The first kappa shape index (κ1) is 20.9. The van der Waals surface area contributed by atoms with E-state index < -0.39 is 5.91 Å². The summed E-state index contributed by atoms with van der Waals surface area (Å²) in [5.74, 6) is -0.542. The predicted molar refractivity (Wildman–Crippen MR) is 106 cm³/mol. The molecule has 5 N–H and O–H groups in total. The van der Waals surface area contributed by atoms with Crippen molar-refractivity contribution in [3.63, 3.8) is 0 Å². The van der Waals surface area contributed by atoms with E-state index in [4.69, 9.17) is 5.73 Å². The molecule has 0 spiro atoms. The molecule has 0 unspecified atom stereocenters. The van der Waals surface area contributed by atoms with Crippen LogP contribution in [0.1, 0.15) is 21.5 Å². The van der Waals surface area contributed by atoms with E-state index in [1.54, 1.807) is 31.3 Å². The van der Waals surface area contributed by atoms with Gasteiger partial charge in [0.15, 0.2) is 5.96 Å². The van der Waals surface area contributed by atoms with Crippen LogP contribution in [-0.4, -0.2) is 37.9 Å². The van der Waals surface area contributed by atoms with Crippen LogP contribution in [0.15, 0.2) is 53.5 Å². The van der Waals surface area contributed by atoms with E-state index in [0.717, 1.165) is 17.5 Å². The summed E-state index contributed by atoms with van der Waals surface area (Å²) in [7, 11) is 1.68. The summed E-state index contributed by atoms with van der Waals surface area (Å²) in [6, 6.07) is 13.4. The maximum atomic E-state index is 12.9. The Morgan fingerprint density at radius 1 is 0.964 bits per heavy atom. The average Bonchev–Trinajstić information content (AvgIpc) is 2.70. The Labute approximate surface area is 163 Å². The van der Waals surface area contributed by atoms with Gasteiger partial charge >= 0.3 is 0 Å². The number of halogens is 1. The molecule has 0 bridgehead atoms. The van der Waals surface area contributed by atoms with E-state index in [0.29, 0.717) is 24.6 Å². The van der Waals surface area contributed by atoms with E-state index in [-0.39, 0.29) is 18.3 Å². The molecule has 2 aromatic carbocycles. The maximum Gasteiger partial charge on any atom is 0.251 e. The van der Waals surface area contributed by atoms with Crippen LogP contribution in [0, 0.1) is 5.82 Å². The van der Waals surface area contributed by atoms with Gasteiger partial charge in [-0.25, -0.2) is 4.39 Å². The van der Waals surface area contributed by atoms with Crippen molar-refractivity contribution in [3.8, 4) is 0 Å². The highest BCUT2D eigenvalue weighted by atomic mass is 19.1. The van der Waals surface area contributed by atoms with Crippen molar-refractivity contribution < 1.29 is 14.0 Å². The van der Waals surface area contributed by atoms with Crippen LogP contribution >= 0.6 is 0 Å². The van der Waals surface area contributed by atoms with Crippen molar-refractivity contribution in [2.75, 3.05) is 20.1 Å². The summed E-state index contributed by atoms with van der Waals surface area (Å²) in [6.07, 6.45) is 0.746. The molecule has 8 heteroatoms. The molecule has 0 atom stereocenters. The average molecular weight is 385 g/mol. The second-order valence-corrected chi connectivity index (χ2v) is 6.07. The Kier molecular flexibility index (Phi) is 7.95. The van der Waals surface area contributed by atoms with Crippen LogP contribution in [0.5, 0.6) is 0 Å². The first-order chi connectivity index (χ1) is 13.5. The fourth-order valence-corrected chi connectivity index (χ4v) is 2.43. The lowest BCUT2D eigenvalue weighted by atomic mass is 10.1. The van der Waals surface area contributed by atoms with E-state index in [9.17, 15) is 14.0 Å². The number of carbonyl (C=O) groups excluding carboxylic acids is 2. The summed E-state index contributed by atoms with van der Waals surface area (Å²) in [5.41, 5.74) is 7.46. The molecule has 148 valence electrons. The Hall–Kier alpha value is -3.42. The van der Waals surface area contributed by atoms with Crippen LogP contribution in [-0.2, 0) is 17.8 Å². The number of carbonyl (C=O) groups is 2. The van der Waals surface area contributed by atoms with E-state index in [1.165, 1.54) is 12.1 Å². The van der Waals surface area contributed by atoms with Gasteiger partial charge in [0, 0.05) is 25.7 Å². The van der Waals surface area contributed by atoms with Gasteiger partial charge in [0.2, 0.25) is 5.91 Å². The van der Waals surface area contributed by atoms with Crippen LogP contribution in [0.2, 0.25) is 0 Å². The number of guanidine groups is 1. The SMILES string of the molecule is CN=C(NCCc1ccc(F)cc1)NCc1ccc(C(=O)NCC(N)=O)cc1. The largest absolute Gasteiger partial charge is 0.368 e. The Bertz CT molecular complexity index is 819. The molecule has 0 aliphatic carbocycles. The summed E-state index contributed by atoms with van der Waals surface area (Å²) < 4.78 is 12.9. The molecule has 0 aliphatic rings. The quantitative estimate of drug-likeness (QED) is 0.401. The standard InChI is InChI=1S/C20H24FN5O2/c1-23-20(24-11-10-14-4-8-17(21)9-5-14)26-12-15-2-6-16(7-3-15)19(28)25-13-18(22)27/h2-9H,10-13H2,1H3,(H2,22,27)(H,25,28)(H2,23,24,26). The first-order valence-corrected chi connectivity index (χ1v) is 8.82. The van der Waals surface area contributed by atoms with E-state index in [2.05, 4.69) is 20.9 Å². The normalized spacial score (nSPS) is 11.0. The Morgan fingerprint density at radius 2 is 1.61 bits per heavy atom. The molecule has 0 aliphatic heterocycles. The minimum absolute atomic E-state index is 0.192. The first-order valence-electron chi connectivity index (χ1n) is 8.82. The summed E-state index contributed by atoms with van der Waals surface area (Å²) in [6.45, 7) is 0.992. The fourth-order valence-electron chi connectivity index (χ4n) is 2.43. The molecule has 0 radical (unpaired) electrons. The third-order valence-corrected chi connectivity index (χ3v) is 3.94. The lowest BCUT2D eigenvalue weighted by molar-refractivity contribution is -0.117. The van der Waals surface area contributed by atoms with Gasteiger partial charge in [-0.05, 0) is 41.8 Å². The highest BCUT2D eigenvalue weighted by Crippen LogP contribution is 2.05. The number of hydrogen-bond acceptors (Lipinski definition) is 3. The molecule has 2 rings (SSSR count). The molecule has 0 heterocycles. The van der Waals surface area contributed by atoms with Gasteiger partial charge in [0.05, 0.1) is 6.54 Å². The van der Waals surface area contributed by atoms with Gasteiger partial charge in [-0.2, -0.15) is 0 Å². The number of nitrogens with one attached hydrogen (secondary N) is 3. The van der Waals surface area contributed by atoms with Crippen molar-refractivity contribution >= 4 is 17.8 Å². The highest BCUT2D eigenvalue weighted by molar-refractivity contribution is 5.96. The Balaban J connectivity index is 1.77. The number of nitrogens with zero attached hydrogens (tertiary/aromatic N) is 1. The van der Waals surface area contributed by atoms with Crippen LogP contribution in [0.4, 0.5) is 4.39 Å². The lowest BCUT2D eigenvalue weighted by Gasteiger charge is -2.12. The third kappa shape index (κ3) is 7.06. The van der Waals surface area contributed by atoms with Gasteiger partial charge in [0.1, 0.15) is 5.82 Å². The number of benzene rings is 2. The molecule has 0 saturated heterocycles. The van der Waals surface area contributed by atoms with Crippen molar-refractivity contribution in [2.24, 2.45) is 10.7 Å². The van der Waals surface area contributed by atoms with Gasteiger partial charge in [-0.1, -0.05) is 24.3 Å². The monoisotopic (exact) mass is 385 g/mol. The maximum absolute atomic E-state index is 12.9. The van der Waals surface area contributed by atoms with E-state index >= 15 is 0 Å². The second-order valence-electron chi connectivity index (χ2n) is 6.07. The third-order valence-electron chi connectivity index (χ3n) is 3.94. The van der Waals surface area contributed by atoms with Crippen molar-refractivity contribution in [2.45, 2.75) is 13.0 Å². The molecule has 7 nitrogen and oxygen atoms in total. The molecule has 0 saturated carbocycles. The zero-order chi connectivity index (χ0) is 20.4. The van der Waals surface area contributed by atoms with Crippen molar-refractivity contribution in [1.82, 2.24) is 16.0 Å². The van der Waals surface area contributed by atoms with Crippen molar-refractivity contribution in [1.29, 1.82) is 0 Å². The highest BCUT2D eigenvalue weighted by Gasteiger charge is 2.06. The zero-order valence-electron chi connectivity index (χ0n) is 15.7. The van der Waals surface area contributed by atoms with E-state index in [1.807, 2.05) is 12.1 Å². The van der Waals surface area contributed by atoms with Crippen LogP contribution in [0.25, 0.3) is 0 Å². The zero-order valence-corrected chi connectivity index (χ0v) is 15.7. The number of aliphatic imine (C=N–C) groups is 1. The summed E-state index contributed by atoms with van der Waals surface area (Å²) in [4.78, 5) is 26.7. The van der Waals surface area contributed by atoms with Gasteiger partial charge in [0.25, 0.3) is 5.91 Å². The number of rotatable bonds is 8.